The van der Waals surface area contributed by atoms with Gasteiger partial charge in [-0.05, 0) is 48.5 Å². The summed E-state index contributed by atoms with van der Waals surface area (Å²) >= 11 is 7.14. The zero-order chi connectivity index (χ0) is 22.5. The van der Waals surface area contributed by atoms with Gasteiger partial charge in [0.25, 0.3) is 5.91 Å². The standard InChI is InChI=1S/C23H15ClF2N4OS/c24-18-7-4-8-19(26)17(18)13-27-30-23-28-20(14-9-11-16(25)12-10-14)22(32-23)29-21(31)15-5-2-1-3-6-15/h1-13H,(H,28,30)(H,29,31)/b27-13-. The van der Waals surface area contributed by atoms with Crippen molar-refractivity contribution in [2.24, 2.45) is 5.10 Å². The number of carbonyl (C=O) groups excluding carboxylic acids is 1. The minimum Gasteiger partial charge on any atom is -0.312 e. The highest BCUT2D eigenvalue weighted by Gasteiger charge is 2.16. The van der Waals surface area contributed by atoms with Crippen LogP contribution in [0, 0.1) is 11.6 Å². The van der Waals surface area contributed by atoms with Crippen molar-refractivity contribution in [3.63, 3.8) is 0 Å². The van der Waals surface area contributed by atoms with E-state index in [2.05, 4.69) is 20.8 Å². The van der Waals surface area contributed by atoms with Crippen molar-refractivity contribution in [3.05, 3.63) is 101 Å². The van der Waals surface area contributed by atoms with Crippen LogP contribution in [0.4, 0.5) is 18.9 Å². The molecule has 0 fully saturated rings. The maximum Gasteiger partial charge on any atom is 0.256 e. The van der Waals surface area contributed by atoms with Gasteiger partial charge in [-0.2, -0.15) is 5.10 Å². The molecule has 32 heavy (non-hydrogen) atoms. The number of hydrogen-bond donors (Lipinski definition) is 2. The third kappa shape index (κ3) is 4.99. The fourth-order valence-corrected chi connectivity index (χ4v) is 3.85. The molecule has 160 valence electrons. The van der Waals surface area contributed by atoms with Crippen molar-refractivity contribution < 1.29 is 13.6 Å². The third-order valence-electron chi connectivity index (χ3n) is 4.36. The van der Waals surface area contributed by atoms with Gasteiger partial charge in [-0.25, -0.2) is 13.8 Å². The molecule has 1 amide bonds. The summed E-state index contributed by atoms with van der Waals surface area (Å²) in [6.07, 6.45) is 1.25. The minimum absolute atomic E-state index is 0.134. The number of halogens is 3. The molecule has 0 saturated carbocycles. The zero-order valence-corrected chi connectivity index (χ0v) is 17.9. The largest absolute Gasteiger partial charge is 0.312 e. The smallest absolute Gasteiger partial charge is 0.256 e. The number of rotatable bonds is 6. The molecule has 9 heteroatoms. The molecule has 0 bridgehead atoms. The fraction of sp³-hybridized carbons (Fsp3) is 0. The number of hydrazone groups is 1. The zero-order valence-electron chi connectivity index (χ0n) is 16.4. The maximum atomic E-state index is 13.9. The second kappa shape index (κ2) is 9.67. The molecule has 0 saturated heterocycles. The van der Waals surface area contributed by atoms with E-state index in [0.29, 0.717) is 27.0 Å². The Labute approximate surface area is 191 Å². The Morgan fingerprint density at radius 2 is 1.75 bits per heavy atom. The predicted molar refractivity (Wildman–Crippen MR) is 125 cm³/mol. The van der Waals surface area contributed by atoms with Crippen molar-refractivity contribution in [1.82, 2.24) is 4.98 Å². The monoisotopic (exact) mass is 468 g/mol. The van der Waals surface area contributed by atoms with Crippen LogP contribution in [0.2, 0.25) is 5.02 Å². The Morgan fingerprint density at radius 3 is 2.47 bits per heavy atom. The van der Waals surface area contributed by atoms with Crippen molar-refractivity contribution >= 4 is 45.2 Å². The van der Waals surface area contributed by atoms with E-state index in [1.807, 2.05) is 6.07 Å². The molecule has 4 rings (SSSR count). The first-order valence-electron chi connectivity index (χ1n) is 9.37. The minimum atomic E-state index is -0.509. The molecule has 0 atom stereocenters. The van der Waals surface area contributed by atoms with Crippen LogP contribution in [0.3, 0.4) is 0 Å². The lowest BCUT2D eigenvalue weighted by Crippen LogP contribution is -2.11. The number of amides is 1. The van der Waals surface area contributed by atoms with E-state index in [-0.39, 0.29) is 22.3 Å². The number of nitrogens with one attached hydrogen (secondary N) is 2. The lowest BCUT2D eigenvalue weighted by molar-refractivity contribution is 0.102. The summed E-state index contributed by atoms with van der Waals surface area (Å²) in [6.45, 7) is 0. The third-order valence-corrected chi connectivity index (χ3v) is 5.57. The molecule has 0 aliphatic carbocycles. The van der Waals surface area contributed by atoms with Crippen LogP contribution in [-0.2, 0) is 0 Å². The average Bonchev–Trinajstić information content (AvgIpc) is 3.19. The molecule has 0 aliphatic heterocycles. The number of thiazole rings is 1. The van der Waals surface area contributed by atoms with Crippen LogP contribution >= 0.6 is 22.9 Å². The second-order valence-electron chi connectivity index (χ2n) is 6.53. The van der Waals surface area contributed by atoms with Crippen LogP contribution in [0.15, 0.2) is 77.9 Å². The predicted octanol–water partition coefficient (Wildman–Crippen LogP) is 6.44. The molecular formula is C23H15ClF2N4OS. The van der Waals surface area contributed by atoms with E-state index >= 15 is 0 Å². The summed E-state index contributed by atoms with van der Waals surface area (Å²) in [7, 11) is 0. The molecule has 1 heterocycles. The maximum absolute atomic E-state index is 13.9. The van der Waals surface area contributed by atoms with Crippen LogP contribution in [0.1, 0.15) is 15.9 Å². The first-order valence-corrected chi connectivity index (χ1v) is 10.6. The number of anilines is 2. The Balaban J connectivity index is 1.62. The van der Waals surface area contributed by atoms with E-state index in [0.717, 1.165) is 11.3 Å². The van der Waals surface area contributed by atoms with Gasteiger partial charge >= 0.3 is 0 Å². The molecule has 0 aliphatic rings. The Hall–Kier alpha value is -3.62. The van der Waals surface area contributed by atoms with Crippen molar-refractivity contribution in [3.8, 4) is 11.3 Å². The van der Waals surface area contributed by atoms with Gasteiger partial charge in [0.05, 0.1) is 11.2 Å². The number of carbonyl (C=O) groups is 1. The van der Waals surface area contributed by atoms with E-state index < -0.39 is 5.82 Å². The van der Waals surface area contributed by atoms with Gasteiger partial charge in [0, 0.05) is 16.7 Å². The quantitative estimate of drug-likeness (QED) is 0.253. The first-order chi connectivity index (χ1) is 15.5. The molecular weight excluding hydrogens is 454 g/mol. The van der Waals surface area contributed by atoms with Crippen LogP contribution < -0.4 is 10.7 Å². The van der Waals surface area contributed by atoms with Crippen molar-refractivity contribution in [1.29, 1.82) is 0 Å². The molecule has 1 aromatic heterocycles. The summed E-state index contributed by atoms with van der Waals surface area (Å²) in [4.78, 5) is 17.1. The summed E-state index contributed by atoms with van der Waals surface area (Å²) in [5.41, 5.74) is 4.40. The molecule has 3 aromatic carbocycles. The fourth-order valence-electron chi connectivity index (χ4n) is 2.81. The van der Waals surface area contributed by atoms with Gasteiger partial charge < -0.3 is 5.32 Å². The summed E-state index contributed by atoms with van der Waals surface area (Å²) < 4.78 is 27.3. The van der Waals surface area contributed by atoms with Crippen LogP contribution in [-0.4, -0.2) is 17.1 Å². The van der Waals surface area contributed by atoms with Crippen LogP contribution in [0.25, 0.3) is 11.3 Å². The van der Waals surface area contributed by atoms with E-state index in [1.165, 1.54) is 30.5 Å². The average molecular weight is 469 g/mol. The highest BCUT2D eigenvalue weighted by atomic mass is 35.5. The topological polar surface area (TPSA) is 66.4 Å². The van der Waals surface area contributed by atoms with Crippen molar-refractivity contribution in [2.75, 3.05) is 10.7 Å². The van der Waals surface area contributed by atoms with Gasteiger partial charge in [-0.3, -0.25) is 10.2 Å². The Kier molecular flexibility index (Phi) is 6.53. The SMILES string of the molecule is O=C(Nc1sc(N/N=C\c2c(F)cccc2Cl)nc1-c1ccc(F)cc1)c1ccccc1. The molecule has 2 N–H and O–H groups in total. The lowest BCUT2D eigenvalue weighted by atomic mass is 10.1. The van der Waals surface area contributed by atoms with E-state index in [1.54, 1.807) is 42.5 Å². The van der Waals surface area contributed by atoms with Gasteiger partial charge in [-0.15, -0.1) is 0 Å². The normalized spacial score (nSPS) is 11.0. The van der Waals surface area contributed by atoms with Gasteiger partial charge in [0.1, 0.15) is 22.3 Å². The number of aromatic nitrogens is 1. The molecule has 0 unspecified atom stereocenters. The highest BCUT2D eigenvalue weighted by Crippen LogP contribution is 2.36. The Morgan fingerprint density at radius 1 is 1.00 bits per heavy atom. The van der Waals surface area contributed by atoms with Crippen molar-refractivity contribution in [2.45, 2.75) is 0 Å². The summed E-state index contributed by atoms with van der Waals surface area (Å²) in [6, 6.07) is 18.8. The second-order valence-corrected chi connectivity index (χ2v) is 7.94. The van der Waals surface area contributed by atoms with E-state index in [4.69, 9.17) is 11.6 Å². The number of benzene rings is 3. The van der Waals surface area contributed by atoms with Gasteiger partial charge in [0.2, 0.25) is 5.13 Å². The molecule has 5 nitrogen and oxygen atoms in total. The first kappa shape index (κ1) is 21.6. The van der Waals surface area contributed by atoms with Gasteiger partial charge in [0.15, 0.2) is 0 Å². The number of nitrogens with zero attached hydrogens (tertiary/aromatic N) is 2. The summed E-state index contributed by atoms with van der Waals surface area (Å²) in [5, 5.41) is 7.86. The van der Waals surface area contributed by atoms with Crippen LogP contribution in [0.5, 0.6) is 0 Å². The molecule has 4 aromatic rings. The number of hydrogen-bond acceptors (Lipinski definition) is 5. The molecule has 0 spiro atoms. The van der Waals surface area contributed by atoms with Gasteiger partial charge in [-0.1, -0.05) is 47.2 Å². The lowest BCUT2D eigenvalue weighted by Gasteiger charge is -2.05. The molecule has 0 radical (unpaired) electrons. The highest BCUT2D eigenvalue weighted by molar-refractivity contribution is 7.20. The van der Waals surface area contributed by atoms with E-state index in [9.17, 15) is 13.6 Å². The Bertz CT molecular complexity index is 1260. The summed E-state index contributed by atoms with van der Waals surface area (Å²) in [5.74, 6) is -1.21.